The van der Waals surface area contributed by atoms with Crippen molar-refractivity contribution in [2.24, 2.45) is 16.8 Å². The van der Waals surface area contributed by atoms with Crippen LogP contribution in [0.15, 0.2) is 22.7 Å². The van der Waals surface area contributed by atoms with Crippen LogP contribution in [0.1, 0.15) is 18.4 Å². The van der Waals surface area contributed by atoms with Gasteiger partial charge in [0, 0.05) is 36.2 Å². The minimum absolute atomic E-state index is 0.103. The van der Waals surface area contributed by atoms with Crippen LogP contribution in [0.25, 0.3) is 0 Å². The van der Waals surface area contributed by atoms with E-state index in [0.29, 0.717) is 42.0 Å². The van der Waals surface area contributed by atoms with Crippen LogP contribution in [-0.4, -0.2) is 69.1 Å². The number of rotatable bonds is 4. The van der Waals surface area contributed by atoms with Crippen LogP contribution >= 0.6 is 0 Å². The average Bonchev–Trinajstić information content (AvgIpc) is 3.10. The molecule has 1 aromatic rings. The van der Waals surface area contributed by atoms with Gasteiger partial charge in [0.1, 0.15) is 11.4 Å². The van der Waals surface area contributed by atoms with Crippen LogP contribution in [0.5, 0.6) is 17.2 Å². The number of nitrogens with zero attached hydrogens (tertiary/aromatic N) is 2. The minimum Gasteiger partial charge on any atom is -0.494 e. The molecule has 6 aliphatic heterocycles. The Balaban J connectivity index is 1.58. The summed E-state index contributed by atoms with van der Waals surface area (Å²) in [7, 11) is 5.01. The Kier molecular flexibility index (Phi) is 3.57. The number of fused-ring (bicyclic) bond motifs is 2. The number of aliphatic imine (C=N–C) groups is 1. The number of aliphatic hydroxyl groups is 1. The standard InChI is InChI=1S/C22H26N2O5/c1-26-15-7-16(27-2)20(28-3)18-19(15)23-21-22(18)8-14-13(10-29-21)12-6-17(22)24(14)9-11(12)4-5-25/h4,7,12-14,17,25H,5-6,8-10H2,1-3H3/b11-4+/t12-,13+,14+,17+,22+/m1/s1. The van der Waals surface area contributed by atoms with E-state index in [1.54, 1.807) is 21.3 Å². The van der Waals surface area contributed by atoms with Crippen LogP contribution < -0.4 is 14.2 Å². The predicted octanol–water partition coefficient (Wildman–Crippen LogP) is 2.04. The molecule has 0 amide bonds. The van der Waals surface area contributed by atoms with Gasteiger partial charge in [0.05, 0.1) is 40.0 Å². The SMILES string of the molecule is COc1cc(OC)c(OC)c2c1N=C1OC[C@H]3[C@@H]4C[C@@H]5N(C/C4=C\CO)[C@H]3C[C@@]125. The lowest BCUT2D eigenvalue weighted by molar-refractivity contribution is -0.0155. The summed E-state index contributed by atoms with van der Waals surface area (Å²) in [6, 6.07) is 2.60. The Morgan fingerprint density at radius 1 is 1.28 bits per heavy atom. The summed E-state index contributed by atoms with van der Waals surface area (Å²) in [5, 5.41) is 9.49. The molecule has 0 saturated carbocycles. The Morgan fingerprint density at radius 2 is 2.10 bits per heavy atom. The first-order valence-corrected chi connectivity index (χ1v) is 10.3. The molecule has 0 aromatic heterocycles. The van der Waals surface area contributed by atoms with E-state index >= 15 is 0 Å². The minimum atomic E-state index is -0.332. The zero-order valence-electron chi connectivity index (χ0n) is 17.0. The van der Waals surface area contributed by atoms with E-state index in [0.717, 1.165) is 42.3 Å². The molecule has 7 rings (SSSR count). The quantitative estimate of drug-likeness (QED) is 0.783. The van der Waals surface area contributed by atoms with Crippen LogP contribution in [-0.2, 0) is 10.2 Å². The van der Waals surface area contributed by atoms with Crippen LogP contribution in [0.2, 0.25) is 0 Å². The molecule has 5 bridgehead atoms. The van der Waals surface area contributed by atoms with Crippen LogP contribution in [0.4, 0.5) is 5.69 Å². The first-order valence-electron chi connectivity index (χ1n) is 10.3. The van der Waals surface area contributed by atoms with Gasteiger partial charge in [0.2, 0.25) is 5.90 Å². The van der Waals surface area contributed by atoms with Crippen LogP contribution in [0, 0.1) is 11.8 Å². The zero-order chi connectivity index (χ0) is 19.9. The largest absolute Gasteiger partial charge is 0.494 e. The average molecular weight is 398 g/mol. The van der Waals surface area contributed by atoms with Gasteiger partial charge in [-0.1, -0.05) is 11.6 Å². The molecule has 0 aliphatic carbocycles. The number of hydrogen-bond donors (Lipinski definition) is 1. The molecule has 1 spiro atoms. The smallest absolute Gasteiger partial charge is 0.201 e. The number of ether oxygens (including phenoxy) is 4. The van der Waals surface area contributed by atoms with Crippen molar-refractivity contribution in [1.82, 2.24) is 4.90 Å². The van der Waals surface area contributed by atoms with Crippen molar-refractivity contribution in [3.8, 4) is 17.2 Å². The molecule has 6 aliphatic rings. The van der Waals surface area contributed by atoms with Gasteiger partial charge in [-0.2, -0.15) is 0 Å². The van der Waals surface area contributed by atoms with Crippen molar-refractivity contribution in [2.75, 3.05) is 41.1 Å². The second kappa shape index (κ2) is 5.89. The van der Waals surface area contributed by atoms with Gasteiger partial charge in [0.25, 0.3) is 0 Å². The van der Waals surface area contributed by atoms with Crippen molar-refractivity contribution in [1.29, 1.82) is 0 Å². The second-order valence-corrected chi connectivity index (χ2v) is 8.66. The summed E-state index contributed by atoms with van der Waals surface area (Å²) in [6.45, 7) is 1.69. The molecule has 7 heteroatoms. The fourth-order valence-corrected chi connectivity index (χ4v) is 6.84. The van der Waals surface area contributed by atoms with E-state index < -0.39 is 0 Å². The van der Waals surface area contributed by atoms with Crippen molar-refractivity contribution in [3.63, 3.8) is 0 Å². The fraction of sp³-hybridized carbons (Fsp3) is 0.591. The number of piperidine rings is 3. The molecule has 5 saturated heterocycles. The zero-order valence-corrected chi connectivity index (χ0v) is 17.0. The summed E-state index contributed by atoms with van der Waals surface area (Å²) in [5.74, 6) is 3.80. The summed E-state index contributed by atoms with van der Waals surface area (Å²) in [5.41, 5.74) is 2.90. The van der Waals surface area contributed by atoms with E-state index in [2.05, 4.69) is 4.90 Å². The normalized spacial score (nSPS) is 39.0. The molecule has 1 aromatic carbocycles. The Hall–Kier alpha value is -2.25. The summed E-state index contributed by atoms with van der Waals surface area (Å²) in [4.78, 5) is 7.60. The first kappa shape index (κ1) is 17.6. The van der Waals surface area contributed by atoms with Gasteiger partial charge in [-0.3, -0.25) is 4.90 Å². The molecule has 6 heterocycles. The number of methoxy groups -OCH3 is 3. The molecular weight excluding hydrogens is 372 g/mol. The fourth-order valence-electron chi connectivity index (χ4n) is 6.84. The monoisotopic (exact) mass is 398 g/mol. The maximum absolute atomic E-state index is 9.49. The Morgan fingerprint density at radius 3 is 2.83 bits per heavy atom. The molecule has 7 nitrogen and oxygen atoms in total. The van der Waals surface area contributed by atoms with Gasteiger partial charge < -0.3 is 24.1 Å². The molecule has 1 N–H and O–H groups in total. The molecule has 0 radical (unpaired) electrons. The van der Waals surface area contributed by atoms with Gasteiger partial charge in [0.15, 0.2) is 11.5 Å². The van der Waals surface area contributed by atoms with Crippen LogP contribution in [0.3, 0.4) is 0 Å². The third kappa shape index (κ3) is 1.93. The highest BCUT2D eigenvalue weighted by atomic mass is 16.5. The molecule has 154 valence electrons. The highest BCUT2D eigenvalue weighted by Crippen LogP contribution is 2.66. The van der Waals surface area contributed by atoms with E-state index in [1.165, 1.54) is 5.57 Å². The van der Waals surface area contributed by atoms with E-state index in [1.807, 2.05) is 12.1 Å². The van der Waals surface area contributed by atoms with E-state index in [4.69, 9.17) is 23.9 Å². The van der Waals surface area contributed by atoms with Gasteiger partial charge in [-0.05, 0) is 18.8 Å². The number of hydrogen-bond acceptors (Lipinski definition) is 7. The van der Waals surface area contributed by atoms with Crippen molar-refractivity contribution in [2.45, 2.75) is 30.3 Å². The molecule has 6 atom stereocenters. The molecular formula is C22H26N2O5. The summed E-state index contributed by atoms with van der Waals surface area (Å²) in [6.07, 6.45) is 4.03. The predicted molar refractivity (Wildman–Crippen MR) is 106 cm³/mol. The topological polar surface area (TPSA) is 72.8 Å². The lowest BCUT2D eigenvalue weighted by atomic mass is 9.68. The first-order chi connectivity index (χ1) is 14.2. The van der Waals surface area contributed by atoms with Crippen molar-refractivity contribution in [3.05, 3.63) is 23.3 Å². The third-order valence-corrected chi connectivity index (χ3v) is 7.89. The summed E-state index contributed by atoms with van der Waals surface area (Å²) < 4.78 is 23.6. The molecule has 5 fully saturated rings. The number of aliphatic hydroxyl groups excluding tert-OH is 1. The third-order valence-electron chi connectivity index (χ3n) is 7.89. The summed E-state index contributed by atoms with van der Waals surface area (Å²) >= 11 is 0. The Bertz CT molecular complexity index is 957. The van der Waals surface area contributed by atoms with E-state index in [-0.39, 0.29) is 12.0 Å². The van der Waals surface area contributed by atoms with Crippen molar-refractivity contribution < 1.29 is 24.1 Å². The highest BCUT2D eigenvalue weighted by molar-refractivity contribution is 6.01. The second-order valence-electron chi connectivity index (χ2n) is 8.66. The van der Waals surface area contributed by atoms with Gasteiger partial charge in [-0.15, -0.1) is 0 Å². The lowest BCUT2D eigenvalue weighted by Crippen LogP contribution is -2.61. The van der Waals surface area contributed by atoms with E-state index in [9.17, 15) is 5.11 Å². The molecule has 1 unspecified atom stereocenters. The number of benzene rings is 1. The highest BCUT2D eigenvalue weighted by Gasteiger charge is 2.70. The van der Waals surface area contributed by atoms with Gasteiger partial charge >= 0.3 is 0 Å². The Labute approximate surface area is 169 Å². The maximum atomic E-state index is 9.49. The molecule has 29 heavy (non-hydrogen) atoms. The lowest BCUT2D eigenvalue weighted by Gasteiger charge is -2.54. The van der Waals surface area contributed by atoms with Gasteiger partial charge in [-0.25, -0.2) is 4.99 Å². The maximum Gasteiger partial charge on any atom is 0.201 e. The van der Waals surface area contributed by atoms with Crippen molar-refractivity contribution >= 4 is 11.6 Å².